The number of H-pyrrole nitrogens is 1. The lowest BCUT2D eigenvalue weighted by molar-refractivity contribution is -0.349. The van der Waals surface area contributed by atoms with Gasteiger partial charge in [-0.15, -0.1) is 0 Å². The van der Waals surface area contributed by atoms with Gasteiger partial charge in [-0.25, -0.2) is 9.97 Å². The van der Waals surface area contributed by atoms with Crippen molar-refractivity contribution in [1.82, 2.24) is 4.98 Å². The molecule has 0 unspecified atom stereocenters. The first-order valence-corrected chi connectivity index (χ1v) is 4.91. The maximum absolute atomic E-state index is 4.63. The summed E-state index contributed by atoms with van der Waals surface area (Å²) in [4.78, 5) is 8.03. The third-order valence-corrected chi connectivity index (χ3v) is 2.57. The number of nitrogens with zero attached hydrogens (tertiary/aromatic N) is 1. The second-order valence-electron chi connectivity index (χ2n) is 3.56. The molecule has 0 spiro atoms. The van der Waals surface area contributed by atoms with E-state index in [0.717, 1.165) is 29.6 Å². The lowest BCUT2D eigenvalue weighted by Crippen LogP contribution is -2.15. The monoisotopic (exact) mass is 183 g/mol. The SMILES string of the molecule is C1=Cc2[nH+]c3ccccc3nc2CC1. The molecular weight excluding hydrogens is 172 g/mol. The minimum absolute atomic E-state index is 1.05. The van der Waals surface area contributed by atoms with Crippen LogP contribution in [0.5, 0.6) is 0 Å². The van der Waals surface area contributed by atoms with Gasteiger partial charge in [-0.05, 0) is 18.9 Å². The van der Waals surface area contributed by atoms with E-state index >= 15 is 0 Å². The molecule has 1 aromatic carbocycles. The first-order valence-electron chi connectivity index (χ1n) is 4.91. The molecule has 1 heterocycles. The number of aromatic nitrogens is 2. The van der Waals surface area contributed by atoms with Crippen LogP contribution >= 0.6 is 0 Å². The van der Waals surface area contributed by atoms with Crippen LogP contribution in [0.1, 0.15) is 17.8 Å². The second-order valence-corrected chi connectivity index (χ2v) is 3.56. The van der Waals surface area contributed by atoms with Crippen LogP contribution in [-0.4, -0.2) is 4.98 Å². The Kier molecular flexibility index (Phi) is 1.60. The molecule has 2 nitrogen and oxygen atoms in total. The molecule has 2 aromatic rings. The molecule has 14 heavy (non-hydrogen) atoms. The van der Waals surface area contributed by atoms with Crippen LogP contribution in [0.15, 0.2) is 30.3 Å². The Morgan fingerprint density at radius 3 is 3.14 bits per heavy atom. The van der Waals surface area contributed by atoms with E-state index in [4.69, 9.17) is 0 Å². The Morgan fingerprint density at radius 2 is 2.14 bits per heavy atom. The number of para-hydroxylation sites is 2. The molecule has 3 rings (SSSR count). The molecular formula is C12H11N2+. The summed E-state index contributed by atoms with van der Waals surface area (Å²) in [6, 6.07) is 8.16. The molecule has 1 aliphatic rings. The summed E-state index contributed by atoms with van der Waals surface area (Å²) in [6.45, 7) is 0. The Morgan fingerprint density at radius 1 is 1.21 bits per heavy atom. The third kappa shape index (κ3) is 1.11. The predicted molar refractivity (Wildman–Crippen MR) is 55.7 cm³/mol. The zero-order chi connectivity index (χ0) is 9.38. The summed E-state index contributed by atoms with van der Waals surface area (Å²) in [5, 5.41) is 0. The number of aromatic amines is 1. The predicted octanol–water partition coefficient (Wildman–Crippen LogP) is 2.01. The molecule has 2 heteroatoms. The average Bonchev–Trinajstić information content (AvgIpc) is 2.26. The van der Waals surface area contributed by atoms with E-state index in [9.17, 15) is 0 Å². The summed E-state index contributed by atoms with van der Waals surface area (Å²) >= 11 is 0. The summed E-state index contributed by atoms with van der Waals surface area (Å²) in [5.74, 6) is 0. The minimum atomic E-state index is 1.05. The molecule has 0 amide bonds. The zero-order valence-electron chi connectivity index (χ0n) is 7.83. The van der Waals surface area contributed by atoms with E-state index in [0.29, 0.717) is 0 Å². The number of allylic oxidation sites excluding steroid dienone is 1. The van der Waals surface area contributed by atoms with E-state index < -0.39 is 0 Å². The van der Waals surface area contributed by atoms with E-state index in [1.807, 2.05) is 18.2 Å². The first-order chi connectivity index (χ1) is 6.93. The largest absolute Gasteiger partial charge is 0.239 e. The number of hydrogen-bond donors (Lipinski definition) is 0. The fourth-order valence-electron chi connectivity index (χ4n) is 1.85. The maximum Gasteiger partial charge on any atom is 0.229 e. The molecule has 0 bridgehead atoms. The van der Waals surface area contributed by atoms with Crippen molar-refractivity contribution in [2.45, 2.75) is 12.8 Å². The molecule has 0 aliphatic heterocycles. The highest BCUT2D eigenvalue weighted by atomic mass is 14.8. The zero-order valence-corrected chi connectivity index (χ0v) is 7.83. The van der Waals surface area contributed by atoms with Crippen LogP contribution in [0.25, 0.3) is 17.1 Å². The Hall–Kier alpha value is -1.70. The van der Waals surface area contributed by atoms with Crippen molar-refractivity contribution in [3.63, 3.8) is 0 Å². The van der Waals surface area contributed by atoms with E-state index in [1.165, 1.54) is 5.69 Å². The summed E-state index contributed by atoms with van der Waals surface area (Å²) in [7, 11) is 0. The van der Waals surface area contributed by atoms with Gasteiger partial charge in [0.1, 0.15) is 11.2 Å². The first kappa shape index (κ1) is 7.68. The molecule has 0 saturated carbocycles. The van der Waals surface area contributed by atoms with E-state index in [2.05, 4.69) is 28.2 Å². The number of hydrogen-bond acceptors (Lipinski definition) is 1. The molecule has 0 fully saturated rings. The molecule has 1 aliphatic carbocycles. The lowest BCUT2D eigenvalue weighted by Gasteiger charge is -2.04. The van der Waals surface area contributed by atoms with Gasteiger partial charge in [0.2, 0.25) is 11.2 Å². The van der Waals surface area contributed by atoms with Crippen molar-refractivity contribution in [2.24, 2.45) is 0 Å². The number of fused-ring (bicyclic) bond motifs is 2. The highest BCUT2D eigenvalue weighted by Crippen LogP contribution is 2.15. The molecule has 0 radical (unpaired) electrons. The fourth-order valence-corrected chi connectivity index (χ4v) is 1.85. The van der Waals surface area contributed by atoms with Crippen molar-refractivity contribution < 1.29 is 4.98 Å². The highest BCUT2D eigenvalue weighted by molar-refractivity contribution is 5.71. The highest BCUT2D eigenvalue weighted by Gasteiger charge is 2.14. The summed E-state index contributed by atoms with van der Waals surface area (Å²) < 4.78 is 0. The summed E-state index contributed by atoms with van der Waals surface area (Å²) in [5.41, 5.74) is 4.51. The van der Waals surface area contributed by atoms with Gasteiger partial charge in [0, 0.05) is 12.1 Å². The number of benzene rings is 1. The van der Waals surface area contributed by atoms with E-state index in [1.54, 1.807) is 0 Å². The molecule has 68 valence electrons. The van der Waals surface area contributed by atoms with Gasteiger partial charge in [0.05, 0.1) is 0 Å². The fraction of sp³-hybridized carbons (Fsp3) is 0.167. The number of aryl methyl sites for hydroxylation is 1. The molecule has 1 aromatic heterocycles. The average molecular weight is 183 g/mol. The molecule has 0 atom stereocenters. The van der Waals surface area contributed by atoms with Crippen LogP contribution in [0.4, 0.5) is 0 Å². The Labute approximate surface area is 82.3 Å². The van der Waals surface area contributed by atoms with Crippen LogP contribution < -0.4 is 4.98 Å². The van der Waals surface area contributed by atoms with Crippen LogP contribution in [0.3, 0.4) is 0 Å². The van der Waals surface area contributed by atoms with Crippen molar-refractivity contribution in [3.8, 4) is 0 Å². The van der Waals surface area contributed by atoms with Crippen LogP contribution in [-0.2, 0) is 6.42 Å². The quantitative estimate of drug-likeness (QED) is 0.613. The number of nitrogens with one attached hydrogen (secondary N) is 1. The van der Waals surface area contributed by atoms with Crippen molar-refractivity contribution >= 4 is 17.1 Å². The van der Waals surface area contributed by atoms with Gasteiger partial charge in [-0.1, -0.05) is 18.2 Å². The molecule has 0 saturated heterocycles. The summed E-state index contributed by atoms with van der Waals surface area (Å²) in [6.07, 6.45) is 6.47. The Bertz CT molecular complexity index is 515. The standard InChI is InChI=1S/C12H10N2/c1-2-6-10-9(5-1)13-11-7-3-4-8-12(11)14-10/h1-3,5-7H,4,8H2/p+1. The number of rotatable bonds is 0. The lowest BCUT2D eigenvalue weighted by atomic mass is 10.1. The third-order valence-electron chi connectivity index (χ3n) is 2.57. The van der Waals surface area contributed by atoms with Gasteiger partial charge < -0.3 is 0 Å². The van der Waals surface area contributed by atoms with Crippen molar-refractivity contribution in [1.29, 1.82) is 0 Å². The van der Waals surface area contributed by atoms with Crippen molar-refractivity contribution in [3.05, 3.63) is 41.7 Å². The molecule has 1 N–H and O–H groups in total. The maximum atomic E-state index is 4.63. The van der Waals surface area contributed by atoms with Gasteiger partial charge in [0.15, 0.2) is 0 Å². The van der Waals surface area contributed by atoms with Gasteiger partial charge in [-0.3, -0.25) is 0 Å². The van der Waals surface area contributed by atoms with Crippen LogP contribution in [0, 0.1) is 0 Å². The van der Waals surface area contributed by atoms with Gasteiger partial charge >= 0.3 is 0 Å². The Balaban J connectivity index is 2.34. The normalized spacial score (nSPS) is 14.3. The minimum Gasteiger partial charge on any atom is -0.239 e. The van der Waals surface area contributed by atoms with Crippen molar-refractivity contribution in [2.75, 3.05) is 0 Å². The topological polar surface area (TPSA) is 27.0 Å². The second kappa shape index (κ2) is 2.91. The smallest absolute Gasteiger partial charge is 0.229 e. The van der Waals surface area contributed by atoms with E-state index in [-0.39, 0.29) is 0 Å². The van der Waals surface area contributed by atoms with Gasteiger partial charge in [-0.2, -0.15) is 0 Å². The van der Waals surface area contributed by atoms with Crippen LogP contribution in [0.2, 0.25) is 0 Å². The van der Waals surface area contributed by atoms with Gasteiger partial charge in [0.25, 0.3) is 0 Å².